The average molecular weight is 269 g/mol. The van der Waals surface area contributed by atoms with Crippen LogP contribution in [0.3, 0.4) is 0 Å². The van der Waals surface area contributed by atoms with E-state index in [1.54, 1.807) is 19.1 Å². The van der Waals surface area contributed by atoms with Gasteiger partial charge in [0.1, 0.15) is 0 Å². The van der Waals surface area contributed by atoms with Crippen LogP contribution in [0.15, 0.2) is 48.5 Å². The molecule has 3 nitrogen and oxygen atoms in total. The van der Waals surface area contributed by atoms with Gasteiger partial charge in [0, 0.05) is 12.1 Å². The normalized spacial score (nSPS) is 11.9. The molecule has 0 saturated carbocycles. The molecule has 1 atom stereocenters. The predicted molar refractivity (Wildman–Crippen MR) is 80.6 cm³/mol. The molecule has 104 valence electrons. The number of aryl methyl sites for hydroxylation is 1. The van der Waals surface area contributed by atoms with Crippen molar-refractivity contribution in [3.63, 3.8) is 0 Å². The number of rotatable bonds is 4. The number of hydrogen-bond donors (Lipinski definition) is 2. The van der Waals surface area contributed by atoms with Crippen LogP contribution in [0.25, 0.3) is 11.1 Å². The summed E-state index contributed by atoms with van der Waals surface area (Å²) in [5, 5.41) is 11.8. The van der Waals surface area contributed by atoms with Gasteiger partial charge in [-0.2, -0.15) is 0 Å². The lowest BCUT2D eigenvalue weighted by atomic mass is 10.0. The second-order valence-electron chi connectivity index (χ2n) is 5.00. The van der Waals surface area contributed by atoms with Crippen LogP contribution in [0.1, 0.15) is 22.8 Å². The maximum atomic E-state index is 11.8. The number of hydrogen-bond acceptors (Lipinski definition) is 2. The van der Waals surface area contributed by atoms with Crippen LogP contribution in [0.5, 0.6) is 0 Å². The molecule has 2 aromatic carbocycles. The Bertz CT molecular complexity index is 571. The highest BCUT2D eigenvalue weighted by Crippen LogP contribution is 2.20. The molecule has 1 amide bonds. The predicted octanol–water partition coefficient (Wildman–Crippen LogP) is 2.77. The number of benzene rings is 2. The van der Waals surface area contributed by atoms with E-state index in [4.69, 9.17) is 5.11 Å². The summed E-state index contributed by atoms with van der Waals surface area (Å²) in [5.41, 5.74) is 4.04. The molecule has 2 N–H and O–H groups in total. The molecule has 0 radical (unpaired) electrons. The first-order valence-corrected chi connectivity index (χ1v) is 6.69. The summed E-state index contributed by atoms with van der Waals surface area (Å²) in [6.45, 7) is 3.96. The van der Waals surface area contributed by atoms with Crippen molar-refractivity contribution in [1.29, 1.82) is 0 Å². The fourth-order valence-corrected chi connectivity index (χ4v) is 1.90. The van der Waals surface area contributed by atoms with Crippen molar-refractivity contribution >= 4 is 5.91 Å². The summed E-state index contributed by atoms with van der Waals surface area (Å²) in [6.07, 6.45) is -0.536. The molecule has 0 aliphatic rings. The summed E-state index contributed by atoms with van der Waals surface area (Å²) in [4.78, 5) is 11.8. The summed E-state index contributed by atoms with van der Waals surface area (Å²) in [7, 11) is 0. The molecule has 0 spiro atoms. The van der Waals surface area contributed by atoms with Crippen LogP contribution in [-0.2, 0) is 0 Å². The SMILES string of the molecule is Cc1ccc(-c2ccc(C(=O)NC[C@H](C)O)cc2)cc1. The van der Waals surface area contributed by atoms with Gasteiger partial charge in [-0.25, -0.2) is 0 Å². The molecule has 0 aliphatic carbocycles. The smallest absolute Gasteiger partial charge is 0.251 e. The van der Waals surface area contributed by atoms with Gasteiger partial charge in [0.2, 0.25) is 0 Å². The van der Waals surface area contributed by atoms with Crippen LogP contribution in [0.4, 0.5) is 0 Å². The van der Waals surface area contributed by atoms with Gasteiger partial charge in [-0.05, 0) is 37.1 Å². The fraction of sp³-hybridized carbons (Fsp3) is 0.235. The number of carbonyl (C=O) groups is 1. The van der Waals surface area contributed by atoms with E-state index in [9.17, 15) is 4.79 Å². The van der Waals surface area contributed by atoms with E-state index in [-0.39, 0.29) is 12.5 Å². The highest BCUT2D eigenvalue weighted by Gasteiger charge is 2.06. The highest BCUT2D eigenvalue weighted by atomic mass is 16.3. The molecule has 0 saturated heterocycles. The van der Waals surface area contributed by atoms with E-state index < -0.39 is 6.10 Å². The van der Waals surface area contributed by atoms with Gasteiger partial charge in [-0.3, -0.25) is 4.79 Å². The standard InChI is InChI=1S/C17H19NO2/c1-12-3-5-14(6-4-12)15-7-9-16(10-8-15)17(20)18-11-13(2)19/h3-10,13,19H,11H2,1-2H3,(H,18,20)/t13-/m0/s1. The molecule has 0 aromatic heterocycles. The molecule has 0 heterocycles. The minimum absolute atomic E-state index is 0.165. The van der Waals surface area contributed by atoms with Gasteiger partial charge in [0.25, 0.3) is 5.91 Å². The van der Waals surface area contributed by atoms with E-state index in [1.807, 2.05) is 12.1 Å². The Kier molecular flexibility index (Phi) is 4.53. The van der Waals surface area contributed by atoms with Gasteiger partial charge < -0.3 is 10.4 Å². The Morgan fingerprint density at radius 3 is 2.05 bits per heavy atom. The van der Waals surface area contributed by atoms with Crippen LogP contribution in [-0.4, -0.2) is 23.7 Å². The third-order valence-corrected chi connectivity index (χ3v) is 3.09. The van der Waals surface area contributed by atoms with Gasteiger partial charge >= 0.3 is 0 Å². The zero-order valence-corrected chi connectivity index (χ0v) is 11.8. The topological polar surface area (TPSA) is 49.3 Å². The third-order valence-electron chi connectivity index (χ3n) is 3.09. The van der Waals surface area contributed by atoms with E-state index in [1.165, 1.54) is 5.56 Å². The molecule has 0 aliphatic heterocycles. The Labute approximate surface area is 119 Å². The summed E-state index contributed by atoms with van der Waals surface area (Å²) in [6, 6.07) is 15.7. The number of carbonyl (C=O) groups excluding carboxylic acids is 1. The Morgan fingerprint density at radius 1 is 1.05 bits per heavy atom. The van der Waals surface area contributed by atoms with Gasteiger partial charge in [-0.15, -0.1) is 0 Å². The molecular weight excluding hydrogens is 250 g/mol. The molecule has 0 unspecified atom stereocenters. The van der Waals surface area contributed by atoms with Crippen LogP contribution in [0.2, 0.25) is 0 Å². The highest BCUT2D eigenvalue weighted by molar-refractivity contribution is 5.94. The fourth-order valence-electron chi connectivity index (χ4n) is 1.90. The molecule has 0 fully saturated rings. The quantitative estimate of drug-likeness (QED) is 0.896. The number of aliphatic hydroxyl groups is 1. The summed E-state index contributed by atoms with van der Waals surface area (Å²) < 4.78 is 0. The second-order valence-corrected chi connectivity index (χ2v) is 5.00. The van der Waals surface area contributed by atoms with E-state index in [0.29, 0.717) is 5.56 Å². The minimum atomic E-state index is -0.536. The lowest BCUT2D eigenvalue weighted by Crippen LogP contribution is -2.30. The van der Waals surface area contributed by atoms with Crippen molar-refractivity contribution in [2.24, 2.45) is 0 Å². The summed E-state index contributed by atoms with van der Waals surface area (Å²) >= 11 is 0. The molecule has 2 rings (SSSR count). The first kappa shape index (κ1) is 14.3. The average Bonchev–Trinajstić information content (AvgIpc) is 2.46. The van der Waals surface area contributed by atoms with E-state index in [0.717, 1.165) is 11.1 Å². The zero-order chi connectivity index (χ0) is 14.5. The van der Waals surface area contributed by atoms with Gasteiger partial charge in [-0.1, -0.05) is 42.0 Å². The first-order chi connectivity index (χ1) is 9.56. The number of nitrogens with one attached hydrogen (secondary N) is 1. The zero-order valence-electron chi connectivity index (χ0n) is 11.8. The van der Waals surface area contributed by atoms with Crippen LogP contribution < -0.4 is 5.32 Å². The summed E-state index contributed by atoms with van der Waals surface area (Å²) in [5.74, 6) is -0.165. The van der Waals surface area contributed by atoms with E-state index >= 15 is 0 Å². The van der Waals surface area contributed by atoms with E-state index in [2.05, 4.69) is 36.5 Å². The number of aliphatic hydroxyl groups excluding tert-OH is 1. The van der Waals surface area contributed by atoms with Gasteiger partial charge in [0.15, 0.2) is 0 Å². The second kappa shape index (κ2) is 6.35. The molecular formula is C17H19NO2. The molecule has 3 heteroatoms. The maximum Gasteiger partial charge on any atom is 0.251 e. The number of amides is 1. The Morgan fingerprint density at radius 2 is 1.55 bits per heavy atom. The van der Waals surface area contributed by atoms with Gasteiger partial charge in [0.05, 0.1) is 6.10 Å². The van der Waals surface area contributed by atoms with Crippen LogP contribution >= 0.6 is 0 Å². The molecule has 2 aromatic rings. The van der Waals surface area contributed by atoms with Crippen molar-refractivity contribution in [3.8, 4) is 11.1 Å². The maximum absolute atomic E-state index is 11.8. The third kappa shape index (κ3) is 3.68. The largest absolute Gasteiger partial charge is 0.392 e. The molecule has 0 bridgehead atoms. The monoisotopic (exact) mass is 269 g/mol. The van der Waals surface area contributed by atoms with Crippen LogP contribution in [0, 0.1) is 6.92 Å². The Balaban J connectivity index is 2.10. The van der Waals surface area contributed by atoms with Crippen molar-refractivity contribution in [2.75, 3.05) is 6.54 Å². The molecule has 20 heavy (non-hydrogen) atoms. The minimum Gasteiger partial charge on any atom is -0.392 e. The lowest BCUT2D eigenvalue weighted by molar-refractivity contribution is 0.0924. The van der Waals surface area contributed by atoms with Crippen molar-refractivity contribution in [1.82, 2.24) is 5.32 Å². The lowest BCUT2D eigenvalue weighted by Gasteiger charge is -2.08. The Hall–Kier alpha value is -2.13. The first-order valence-electron chi connectivity index (χ1n) is 6.69. The van der Waals surface area contributed by atoms with Crippen molar-refractivity contribution in [3.05, 3.63) is 59.7 Å². The van der Waals surface area contributed by atoms with Crippen molar-refractivity contribution in [2.45, 2.75) is 20.0 Å². The van der Waals surface area contributed by atoms with Crippen molar-refractivity contribution < 1.29 is 9.90 Å².